The molecule has 1 N–H and O–H groups in total. The second-order valence-electron chi connectivity index (χ2n) is 6.17. The smallest absolute Gasteiger partial charge is 0.258 e. The predicted molar refractivity (Wildman–Crippen MR) is 93.6 cm³/mol. The molecule has 130 valence electrons. The van der Waals surface area contributed by atoms with Gasteiger partial charge in [-0.25, -0.2) is 9.97 Å². The fraction of sp³-hybridized carbons (Fsp3) is 0.353. The lowest BCUT2D eigenvalue weighted by atomic mass is 10.2. The molecule has 0 bridgehead atoms. The van der Waals surface area contributed by atoms with Gasteiger partial charge in [-0.3, -0.25) is 14.1 Å². The van der Waals surface area contributed by atoms with Gasteiger partial charge in [-0.1, -0.05) is 11.6 Å². The van der Waals surface area contributed by atoms with Crippen molar-refractivity contribution in [2.24, 2.45) is 0 Å². The number of likely N-dealkylation sites (tertiary alicyclic amines) is 1. The predicted octanol–water partition coefficient (Wildman–Crippen LogP) is 2.03. The van der Waals surface area contributed by atoms with Crippen molar-refractivity contribution in [2.45, 2.75) is 25.1 Å². The molecule has 1 saturated heterocycles. The highest BCUT2D eigenvalue weighted by Crippen LogP contribution is 2.32. The molecule has 1 fully saturated rings. The molecule has 0 radical (unpaired) electrons. The molecule has 0 aliphatic carbocycles. The van der Waals surface area contributed by atoms with Crippen molar-refractivity contribution in [1.29, 1.82) is 0 Å². The minimum atomic E-state index is -0.139. The van der Waals surface area contributed by atoms with Crippen LogP contribution in [0.4, 0.5) is 0 Å². The van der Waals surface area contributed by atoms with Crippen LogP contribution in [-0.4, -0.2) is 44.0 Å². The molecule has 2 atom stereocenters. The number of H-pyrrole nitrogens is 1. The summed E-state index contributed by atoms with van der Waals surface area (Å²) in [6.45, 7) is 1.32. The second-order valence-corrected chi connectivity index (χ2v) is 6.61. The van der Waals surface area contributed by atoms with Gasteiger partial charge in [0.05, 0.1) is 22.9 Å². The van der Waals surface area contributed by atoms with Gasteiger partial charge in [0.1, 0.15) is 11.5 Å². The average molecular weight is 360 g/mol. The van der Waals surface area contributed by atoms with Crippen molar-refractivity contribution in [3.63, 3.8) is 0 Å². The first kappa shape index (κ1) is 16.3. The Hall–Kier alpha value is -2.22. The molecule has 7 nitrogen and oxygen atoms in total. The fourth-order valence-corrected chi connectivity index (χ4v) is 3.53. The molecule has 1 aliphatic heterocycles. The Balaban J connectivity index is 1.65. The molecule has 4 rings (SSSR count). The molecule has 25 heavy (non-hydrogen) atoms. The molecule has 0 amide bonds. The van der Waals surface area contributed by atoms with Gasteiger partial charge >= 0.3 is 0 Å². The minimum Gasteiger partial charge on any atom is -0.380 e. The summed E-state index contributed by atoms with van der Waals surface area (Å²) in [6.07, 6.45) is 6.14. The molecule has 4 heterocycles. The maximum Gasteiger partial charge on any atom is 0.258 e. The maximum absolute atomic E-state index is 12.4. The van der Waals surface area contributed by atoms with Crippen molar-refractivity contribution in [1.82, 2.24) is 24.3 Å². The van der Waals surface area contributed by atoms with Crippen LogP contribution in [0.15, 0.2) is 41.6 Å². The molecule has 0 spiro atoms. The average Bonchev–Trinajstić information content (AvgIpc) is 3.25. The summed E-state index contributed by atoms with van der Waals surface area (Å²) in [7, 11) is 1.72. The van der Waals surface area contributed by atoms with Crippen LogP contribution >= 0.6 is 11.6 Å². The normalized spacial score (nSPS) is 21.2. The quantitative estimate of drug-likeness (QED) is 0.771. The number of nitrogens with zero attached hydrogens (tertiary/aromatic N) is 4. The van der Waals surface area contributed by atoms with Gasteiger partial charge in [0, 0.05) is 44.9 Å². The Morgan fingerprint density at radius 2 is 2.32 bits per heavy atom. The molecule has 1 unspecified atom stereocenters. The van der Waals surface area contributed by atoms with E-state index >= 15 is 0 Å². The van der Waals surface area contributed by atoms with Crippen molar-refractivity contribution in [3.05, 3.63) is 63.7 Å². The maximum atomic E-state index is 12.4. The van der Waals surface area contributed by atoms with E-state index in [0.29, 0.717) is 17.2 Å². The van der Waals surface area contributed by atoms with Gasteiger partial charge in [-0.05, 0) is 18.6 Å². The summed E-state index contributed by atoms with van der Waals surface area (Å²) in [5.74, 6) is 0.906. The van der Waals surface area contributed by atoms with Gasteiger partial charge in [0.25, 0.3) is 5.56 Å². The second kappa shape index (κ2) is 6.59. The number of ether oxygens (including phenoxy) is 1. The third-order valence-corrected chi connectivity index (χ3v) is 4.80. The summed E-state index contributed by atoms with van der Waals surface area (Å²) < 4.78 is 6.99. The molecule has 0 aromatic carbocycles. The monoisotopic (exact) mass is 359 g/mol. The fourth-order valence-electron chi connectivity index (χ4n) is 3.37. The topological polar surface area (TPSA) is 75.5 Å². The summed E-state index contributed by atoms with van der Waals surface area (Å²) >= 11 is 5.96. The van der Waals surface area contributed by atoms with Crippen LogP contribution in [0.3, 0.4) is 0 Å². The van der Waals surface area contributed by atoms with Gasteiger partial charge in [-0.15, -0.1) is 0 Å². The number of aromatic amines is 1. The van der Waals surface area contributed by atoms with Gasteiger partial charge < -0.3 is 9.72 Å². The molecule has 3 aromatic rings. The lowest BCUT2D eigenvalue weighted by molar-refractivity contribution is 0.107. The summed E-state index contributed by atoms with van der Waals surface area (Å²) in [5, 5.41) is 0.504. The van der Waals surface area contributed by atoms with E-state index in [-0.39, 0.29) is 17.7 Å². The molecule has 0 saturated carbocycles. The highest BCUT2D eigenvalue weighted by Gasteiger charge is 2.34. The number of rotatable bonds is 4. The van der Waals surface area contributed by atoms with Crippen LogP contribution < -0.4 is 5.56 Å². The van der Waals surface area contributed by atoms with E-state index in [9.17, 15) is 4.79 Å². The molecular formula is C17H18ClN5O2. The Morgan fingerprint density at radius 1 is 1.44 bits per heavy atom. The summed E-state index contributed by atoms with van der Waals surface area (Å²) in [4.78, 5) is 26.8. The van der Waals surface area contributed by atoms with Crippen molar-refractivity contribution in [3.8, 4) is 0 Å². The van der Waals surface area contributed by atoms with E-state index in [4.69, 9.17) is 16.3 Å². The first-order valence-electron chi connectivity index (χ1n) is 8.08. The third-order valence-electron chi connectivity index (χ3n) is 4.58. The van der Waals surface area contributed by atoms with E-state index in [0.717, 1.165) is 24.5 Å². The number of fused-ring (bicyclic) bond motifs is 1. The number of pyridine rings is 1. The van der Waals surface area contributed by atoms with Crippen LogP contribution in [0, 0.1) is 0 Å². The van der Waals surface area contributed by atoms with Crippen molar-refractivity contribution in [2.75, 3.05) is 13.7 Å². The van der Waals surface area contributed by atoms with Crippen molar-refractivity contribution < 1.29 is 4.74 Å². The van der Waals surface area contributed by atoms with Crippen LogP contribution in [0.5, 0.6) is 0 Å². The zero-order chi connectivity index (χ0) is 17.4. The number of halogens is 1. The zero-order valence-corrected chi connectivity index (χ0v) is 14.5. The zero-order valence-electron chi connectivity index (χ0n) is 13.7. The number of imidazole rings is 1. The first-order valence-corrected chi connectivity index (χ1v) is 8.46. The first-order chi connectivity index (χ1) is 12.1. The Labute approximate surface area is 149 Å². The lowest BCUT2D eigenvalue weighted by Crippen LogP contribution is -2.27. The number of methoxy groups -OCH3 is 1. The third kappa shape index (κ3) is 3.18. The van der Waals surface area contributed by atoms with E-state index < -0.39 is 0 Å². The number of aromatic nitrogens is 4. The largest absolute Gasteiger partial charge is 0.380 e. The van der Waals surface area contributed by atoms with E-state index in [1.165, 1.54) is 4.40 Å². The Morgan fingerprint density at radius 3 is 3.08 bits per heavy atom. The number of hydrogen-bond donors (Lipinski definition) is 1. The summed E-state index contributed by atoms with van der Waals surface area (Å²) in [6, 6.07) is 5.16. The number of nitrogens with one attached hydrogen (secondary N) is 1. The molecule has 3 aromatic heterocycles. The standard InChI is InChI=1S/C17H18ClN5O2/c1-25-13-7-14(17-19-4-5-20-17)22(10-13)9-12-6-16(24)23-8-11(18)2-3-15(23)21-12/h2-6,8,13-14H,7,9-10H2,1H3,(H,19,20)/t13-,14?/m1/s1. The lowest BCUT2D eigenvalue weighted by Gasteiger charge is -2.22. The molecular weight excluding hydrogens is 342 g/mol. The Bertz CT molecular complexity index is 940. The van der Waals surface area contributed by atoms with Crippen LogP contribution in [0.25, 0.3) is 5.65 Å². The number of hydrogen-bond acceptors (Lipinski definition) is 5. The van der Waals surface area contributed by atoms with E-state index in [1.807, 2.05) is 6.20 Å². The van der Waals surface area contributed by atoms with Crippen LogP contribution in [0.1, 0.15) is 24.0 Å². The molecule has 8 heteroatoms. The summed E-state index contributed by atoms with van der Waals surface area (Å²) in [5.41, 5.74) is 1.17. The molecule has 1 aliphatic rings. The van der Waals surface area contributed by atoms with Gasteiger partial charge in [-0.2, -0.15) is 0 Å². The van der Waals surface area contributed by atoms with E-state index in [2.05, 4.69) is 19.9 Å². The van der Waals surface area contributed by atoms with Gasteiger partial charge in [0.2, 0.25) is 0 Å². The van der Waals surface area contributed by atoms with Crippen LogP contribution in [-0.2, 0) is 11.3 Å². The van der Waals surface area contributed by atoms with Crippen molar-refractivity contribution >= 4 is 17.2 Å². The highest BCUT2D eigenvalue weighted by molar-refractivity contribution is 6.30. The van der Waals surface area contributed by atoms with E-state index in [1.54, 1.807) is 37.7 Å². The highest BCUT2D eigenvalue weighted by atomic mass is 35.5. The van der Waals surface area contributed by atoms with Crippen LogP contribution in [0.2, 0.25) is 5.02 Å². The minimum absolute atomic E-state index is 0.116. The Kier molecular flexibility index (Phi) is 4.29. The van der Waals surface area contributed by atoms with Gasteiger partial charge in [0.15, 0.2) is 0 Å². The SMILES string of the molecule is CO[C@@H]1CC(c2ncc[nH]2)N(Cc2cc(=O)n3cc(Cl)ccc3n2)C1.